The molecule has 37 heavy (non-hydrogen) atoms. The number of rotatable bonds is 8. The number of aromatic nitrogens is 2. The third-order valence-corrected chi connectivity index (χ3v) is 7.00. The summed E-state index contributed by atoms with van der Waals surface area (Å²) < 4.78 is 31.0. The molecule has 0 saturated heterocycles. The smallest absolute Gasteiger partial charge is 0.229 e. The van der Waals surface area contributed by atoms with Gasteiger partial charge >= 0.3 is 0 Å². The van der Waals surface area contributed by atoms with Crippen LogP contribution in [0.15, 0.2) is 60.8 Å². The highest BCUT2D eigenvalue weighted by Crippen LogP contribution is 2.38. The van der Waals surface area contributed by atoms with Gasteiger partial charge in [0.2, 0.25) is 10.0 Å². The minimum absolute atomic E-state index is 0.260. The fourth-order valence-electron chi connectivity index (χ4n) is 3.98. The van der Waals surface area contributed by atoms with Gasteiger partial charge in [0.25, 0.3) is 0 Å². The lowest BCUT2D eigenvalue weighted by atomic mass is 9.77. The van der Waals surface area contributed by atoms with Crippen molar-refractivity contribution in [1.29, 1.82) is 5.26 Å². The van der Waals surface area contributed by atoms with Gasteiger partial charge < -0.3 is 4.74 Å². The molecule has 0 atom stereocenters. The van der Waals surface area contributed by atoms with Crippen LogP contribution in [0.3, 0.4) is 0 Å². The van der Waals surface area contributed by atoms with Crippen LogP contribution < -0.4 is 9.46 Å². The molecule has 190 valence electrons. The van der Waals surface area contributed by atoms with Gasteiger partial charge in [-0.2, -0.15) is 5.26 Å². The van der Waals surface area contributed by atoms with Crippen molar-refractivity contribution in [2.24, 2.45) is 0 Å². The third kappa shape index (κ3) is 5.96. The van der Waals surface area contributed by atoms with Crippen molar-refractivity contribution in [2.45, 2.75) is 19.3 Å². The second-order valence-electron chi connectivity index (χ2n) is 9.02. The van der Waals surface area contributed by atoms with Crippen LogP contribution >= 0.6 is 23.2 Å². The lowest BCUT2D eigenvalue weighted by molar-refractivity contribution is 0.341. The van der Waals surface area contributed by atoms with E-state index in [1.165, 1.54) is 0 Å². The van der Waals surface area contributed by atoms with Gasteiger partial charge in [-0.15, -0.1) is 11.6 Å². The maximum atomic E-state index is 11.5. The van der Waals surface area contributed by atoms with Crippen molar-refractivity contribution in [3.8, 4) is 23.1 Å². The minimum Gasteiger partial charge on any atom is -0.489 e. The number of anilines is 1. The van der Waals surface area contributed by atoms with Crippen LogP contribution in [0.5, 0.6) is 5.75 Å². The van der Waals surface area contributed by atoms with E-state index >= 15 is 0 Å². The highest BCUT2D eigenvalue weighted by atomic mass is 35.5. The summed E-state index contributed by atoms with van der Waals surface area (Å²) in [5.74, 6) is 0.637. The van der Waals surface area contributed by atoms with E-state index in [0.29, 0.717) is 44.6 Å². The minimum atomic E-state index is -3.38. The van der Waals surface area contributed by atoms with Gasteiger partial charge in [0.15, 0.2) is 5.75 Å². The molecule has 0 saturated carbocycles. The topological polar surface area (TPSA) is 105 Å². The Hall–Kier alpha value is -3.38. The van der Waals surface area contributed by atoms with Crippen molar-refractivity contribution in [3.63, 3.8) is 0 Å². The van der Waals surface area contributed by atoms with Gasteiger partial charge in [-0.1, -0.05) is 49.7 Å². The Bertz CT molecular complexity index is 1620. The Labute approximate surface area is 226 Å². The summed E-state index contributed by atoms with van der Waals surface area (Å²) in [6.07, 6.45) is 2.76. The summed E-state index contributed by atoms with van der Waals surface area (Å²) in [4.78, 5) is 9.15. The molecule has 0 aliphatic carbocycles. The number of nitrogens with zero attached hydrogens (tertiary/aromatic N) is 3. The standard InChI is InChI=1S/C27H24Cl2N4O3S/c1-27(2,20-12-18(15-30)26(22(29)13-20)36-11-10-28)19-6-4-17(5-7-19)25-16-31-24-14-21(33-37(3,34)35)8-9-23(24)32-25/h4-9,12-14,16,33H,10-11H2,1-3H3. The van der Waals surface area contributed by atoms with Gasteiger partial charge in [-0.3, -0.25) is 9.71 Å². The van der Waals surface area contributed by atoms with Gasteiger partial charge in [0, 0.05) is 11.0 Å². The Kier molecular flexibility index (Phi) is 7.60. The molecule has 0 unspecified atom stereocenters. The molecule has 1 aromatic heterocycles. The Balaban J connectivity index is 1.62. The molecule has 0 bridgehead atoms. The first-order valence-electron chi connectivity index (χ1n) is 11.3. The summed E-state index contributed by atoms with van der Waals surface area (Å²) >= 11 is 12.2. The summed E-state index contributed by atoms with van der Waals surface area (Å²) in [6, 6.07) is 18.8. The fourth-order valence-corrected chi connectivity index (χ4v) is 4.88. The predicted octanol–water partition coefficient (Wildman–Crippen LogP) is 6.14. The maximum Gasteiger partial charge on any atom is 0.229 e. The molecule has 4 aromatic rings. The quantitative estimate of drug-likeness (QED) is 0.262. The van der Waals surface area contributed by atoms with Crippen LogP contribution in [0, 0.1) is 11.3 Å². The van der Waals surface area contributed by atoms with E-state index in [-0.39, 0.29) is 6.61 Å². The average Bonchev–Trinajstić information content (AvgIpc) is 2.86. The first-order chi connectivity index (χ1) is 17.5. The lowest BCUT2D eigenvalue weighted by Crippen LogP contribution is -2.19. The predicted molar refractivity (Wildman–Crippen MR) is 148 cm³/mol. The monoisotopic (exact) mass is 554 g/mol. The molecule has 10 heteroatoms. The Morgan fingerprint density at radius 2 is 1.78 bits per heavy atom. The number of nitrogens with one attached hydrogen (secondary N) is 1. The van der Waals surface area contributed by atoms with Crippen molar-refractivity contribution in [2.75, 3.05) is 23.5 Å². The van der Waals surface area contributed by atoms with Crippen LogP contribution in [0.4, 0.5) is 5.69 Å². The number of ether oxygens (including phenoxy) is 1. The third-order valence-electron chi connectivity index (χ3n) is 5.96. The van der Waals surface area contributed by atoms with E-state index in [1.807, 2.05) is 30.3 Å². The van der Waals surface area contributed by atoms with Crippen LogP contribution in [-0.2, 0) is 15.4 Å². The van der Waals surface area contributed by atoms with Crippen LogP contribution in [-0.4, -0.2) is 37.1 Å². The fraction of sp³-hybridized carbons (Fsp3) is 0.222. The zero-order valence-corrected chi connectivity index (χ0v) is 22.7. The molecule has 0 spiro atoms. The highest BCUT2D eigenvalue weighted by molar-refractivity contribution is 7.92. The molecule has 4 rings (SSSR count). The molecule has 0 amide bonds. The zero-order valence-electron chi connectivity index (χ0n) is 20.4. The second-order valence-corrected chi connectivity index (χ2v) is 11.6. The normalized spacial score (nSPS) is 11.8. The van der Waals surface area contributed by atoms with Gasteiger partial charge in [0.05, 0.1) is 51.3 Å². The number of hydrogen-bond donors (Lipinski definition) is 1. The molecule has 1 N–H and O–H groups in total. The highest BCUT2D eigenvalue weighted by Gasteiger charge is 2.26. The number of nitriles is 1. The molecule has 0 fully saturated rings. The molecule has 0 aliphatic rings. The van der Waals surface area contributed by atoms with E-state index in [1.54, 1.807) is 30.5 Å². The van der Waals surface area contributed by atoms with Crippen molar-refractivity contribution < 1.29 is 13.2 Å². The summed E-state index contributed by atoms with van der Waals surface area (Å²) in [5, 5.41) is 10.0. The van der Waals surface area contributed by atoms with E-state index in [2.05, 4.69) is 34.6 Å². The van der Waals surface area contributed by atoms with Crippen LogP contribution in [0.1, 0.15) is 30.5 Å². The molecule has 0 radical (unpaired) electrons. The SMILES string of the molecule is CC(C)(c1ccc(-c2cnc3cc(NS(C)(=O)=O)ccc3n2)cc1)c1cc(Cl)c(OCCCl)c(C#N)c1. The first-order valence-corrected chi connectivity index (χ1v) is 14.1. The number of alkyl halides is 1. The largest absolute Gasteiger partial charge is 0.489 e. The van der Waals surface area contributed by atoms with Gasteiger partial charge in [-0.25, -0.2) is 13.4 Å². The number of fused-ring (bicyclic) bond motifs is 1. The van der Waals surface area contributed by atoms with Crippen molar-refractivity contribution >= 4 is 49.9 Å². The zero-order chi connectivity index (χ0) is 26.8. The number of sulfonamides is 1. The average molecular weight is 555 g/mol. The first kappa shape index (κ1) is 26.7. The van der Waals surface area contributed by atoms with E-state index in [0.717, 1.165) is 22.9 Å². The maximum absolute atomic E-state index is 11.5. The number of benzene rings is 3. The number of hydrogen-bond acceptors (Lipinski definition) is 6. The summed E-state index contributed by atoms with van der Waals surface area (Å²) in [7, 11) is -3.38. The number of halogens is 2. The Morgan fingerprint density at radius 1 is 1.05 bits per heavy atom. The molecular formula is C27H24Cl2N4O3S. The Morgan fingerprint density at radius 3 is 2.43 bits per heavy atom. The van der Waals surface area contributed by atoms with Gasteiger partial charge in [0.1, 0.15) is 12.7 Å². The van der Waals surface area contributed by atoms with Crippen molar-refractivity contribution in [1.82, 2.24) is 9.97 Å². The molecule has 7 nitrogen and oxygen atoms in total. The van der Waals surface area contributed by atoms with E-state index in [9.17, 15) is 13.7 Å². The van der Waals surface area contributed by atoms with E-state index in [4.69, 9.17) is 27.9 Å². The lowest BCUT2D eigenvalue weighted by Gasteiger charge is -2.27. The van der Waals surface area contributed by atoms with Crippen LogP contribution in [0.25, 0.3) is 22.3 Å². The van der Waals surface area contributed by atoms with Gasteiger partial charge in [-0.05, 0) is 41.5 Å². The van der Waals surface area contributed by atoms with Crippen molar-refractivity contribution in [3.05, 3.63) is 82.5 Å². The molecule has 1 heterocycles. The van der Waals surface area contributed by atoms with E-state index < -0.39 is 15.4 Å². The van der Waals surface area contributed by atoms with Crippen LogP contribution in [0.2, 0.25) is 5.02 Å². The molecule has 0 aliphatic heterocycles. The summed E-state index contributed by atoms with van der Waals surface area (Å²) in [5.41, 5.74) is 5.05. The molecular weight excluding hydrogens is 531 g/mol. The second kappa shape index (κ2) is 10.5. The summed E-state index contributed by atoms with van der Waals surface area (Å²) in [6.45, 7) is 4.38. The molecule has 3 aromatic carbocycles.